The van der Waals surface area contributed by atoms with E-state index in [1.807, 2.05) is 12.1 Å². The molecule has 0 radical (unpaired) electrons. The highest BCUT2D eigenvalue weighted by Crippen LogP contribution is 2.12. The Morgan fingerprint density at radius 2 is 1.74 bits per heavy atom. The fourth-order valence-electron chi connectivity index (χ4n) is 2.51. The first-order valence-electron chi connectivity index (χ1n) is 8.42. The van der Waals surface area contributed by atoms with E-state index in [2.05, 4.69) is 15.6 Å². The molecule has 1 heterocycles. The summed E-state index contributed by atoms with van der Waals surface area (Å²) < 4.78 is 13.6. The molecular formula is C21H18FN3O2. The second-order valence-corrected chi connectivity index (χ2v) is 5.94. The Bertz CT molecular complexity index is 928. The molecule has 2 N–H and O–H groups in total. The van der Waals surface area contributed by atoms with E-state index in [9.17, 15) is 14.0 Å². The van der Waals surface area contributed by atoms with Gasteiger partial charge >= 0.3 is 0 Å². The van der Waals surface area contributed by atoms with Crippen LogP contribution in [0, 0.1) is 5.82 Å². The molecule has 27 heavy (non-hydrogen) atoms. The lowest BCUT2D eigenvalue weighted by atomic mass is 10.1. The number of anilines is 1. The van der Waals surface area contributed by atoms with Gasteiger partial charge in [0.2, 0.25) is 5.91 Å². The Hall–Kier alpha value is -3.54. The SMILES string of the molecule is O=C(Cc1ccccc1F)Nc1ccc(CNC(=O)c2cccnc2)cc1. The zero-order valence-corrected chi connectivity index (χ0v) is 14.5. The highest BCUT2D eigenvalue weighted by atomic mass is 19.1. The molecule has 2 aromatic carbocycles. The Kier molecular flexibility index (Phi) is 5.89. The predicted octanol–water partition coefficient (Wildman–Crippen LogP) is 3.33. The largest absolute Gasteiger partial charge is 0.348 e. The van der Waals surface area contributed by atoms with Crippen LogP contribution in [0.3, 0.4) is 0 Å². The molecule has 1 aromatic heterocycles. The summed E-state index contributed by atoms with van der Waals surface area (Å²) in [6, 6.07) is 16.7. The van der Waals surface area contributed by atoms with E-state index < -0.39 is 5.82 Å². The first-order valence-corrected chi connectivity index (χ1v) is 8.42. The van der Waals surface area contributed by atoms with E-state index in [0.29, 0.717) is 23.4 Å². The minimum absolute atomic E-state index is 0.0321. The number of benzene rings is 2. The lowest BCUT2D eigenvalue weighted by Crippen LogP contribution is -2.22. The fourth-order valence-corrected chi connectivity index (χ4v) is 2.51. The van der Waals surface area contributed by atoms with Crippen LogP contribution in [0.15, 0.2) is 73.1 Å². The van der Waals surface area contributed by atoms with E-state index in [4.69, 9.17) is 0 Å². The maximum atomic E-state index is 13.6. The standard InChI is InChI=1S/C21H18FN3O2/c22-19-6-2-1-4-16(19)12-20(26)25-18-9-7-15(8-10-18)13-24-21(27)17-5-3-11-23-14-17/h1-11,14H,12-13H2,(H,24,27)(H,25,26). The second-order valence-electron chi connectivity index (χ2n) is 5.94. The van der Waals surface area contributed by atoms with Crippen LogP contribution in [0.2, 0.25) is 0 Å². The average molecular weight is 363 g/mol. The summed E-state index contributed by atoms with van der Waals surface area (Å²) >= 11 is 0. The number of halogens is 1. The molecule has 0 aliphatic rings. The first-order chi connectivity index (χ1) is 13.1. The zero-order chi connectivity index (χ0) is 19.1. The van der Waals surface area contributed by atoms with Gasteiger partial charge in [0, 0.05) is 24.6 Å². The summed E-state index contributed by atoms with van der Waals surface area (Å²) in [5.41, 5.74) is 2.34. The minimum atomic E-state index is -0.396. The van der Waals surface area contributed by atoms with Gasteiger partial charge in [-0.3, -0.25) is 14.6 Å². The summed E-state index contributed by atoms with van der Waals surface area (Å²) in [5.74, 6) is -0.893. The Morgan fingerprint density at radius 3 is 2.44 bits per heavy atom. The number of carbonyl (C=O) groups excluding carboxylic acids is 2. The molecule has 0 saturated heterocycles. The van der Waals surface area contributed by atoms with Crippen LogP contribution in [-0.2, 0) is 17.8 Å². The molecule has 0 aliphatic carbocycles. The number of nitrogens with one attached hydrogen (secondary N) is 2. The van der Waals surface area contributed by atoms with Gasteiger partial charge in [0.15, 0.2) is 0 Å². The minimum Gasteiger partial charge on any atom is -0.348 e. The van der Waals surface area contributed by atoms with Gasteiger partial charge in [0.05, 0.1) is 12.0 Å². The summed E-state index contributed by atoms with van der Waals surface area (Å²) in [7, 11) is 0. The van der Waals surface area contributed by atoms with Gasteiger partial charge in [-0.05, 0) is 41.5 Å². The van der Waals surface area contributed by atoms with Gasteiger partial charge < -0.3 is 10.6 Å². The predicted molar refractivity (Wildman–Crippen MR) is 101 cm³/mol. The van der Waals surface area contributed by atoms with Crippen LogP contribution >= 0.6 is 0 Å². The Labute approximate surface area is 156 Å². The summed E-state index contributed by atoms with van der Waals surface area (Å²) in [5, 5.41) is 5.54. The van der Waals surface area contributed by atoms with Gasteiger partial charge in [0.1, 0.15) is 5.82 Å². The molecule has 136 valence electrons. The molecule has 0 spiro atoms. The molecule has 5 nitrogen and oxygen atoms in total. The van der Waals surface area contributed by atoms with Crippen LogP contribution in [0.5, 0.6) is 0 Å². The van der Waals surface area contributed by atoms with Crippen molar-refractivity contribution in [1.29, 1.82) is 0 Å². The van der Waals surface area contributed by atoms with E-state index >= 15 is 0 Å². The van der Waals surface area contributed by atoms with Gasteiger partial charge in [-0.25, -0.2) is 4.39 Å². The normalized spacial score (nSPS) is 10.3. The highest BCUT2D eigenvalue weighted by molar-refractivity contribution is 5.94. The molecule has 0 fully saturated rings. The molecule has 3 aromatic rings. The van der Waals surface area contributed by atoms with E-state index in [0.717, 1.165) is 5.56 Å². The Morgan fingerprint density at radius 1 is 0.963 bits per heavy atom. The van der Waals surface area contributed by atoms with Crippen LogP contribution in [0.25, 0.3) is 0 Å². The number of hydrogen-bond donors (Lipinski definition) is 2. The second kappa shape index (κ2) is 8.71. The molecule has 0 atom stereocenters. The average Bonchev–Trinajstić information content (AvgIpc) is 2.69. The van der Waals surface area contributed by atoms with Gasteiger partial charge in [0.25, 0.3) is 5.91 Å². The number of carbonyl (C=O) groups is 2. The van der Waals surface area contributed by atoms with Crippen LogP contribution in [0.4, 0.5) is 10.1 Å². The van der Waals surface area contributed by atoms with Crippen molar-refractivity contribution in [3.8, 4) is 0 Å². The van der Waals surface area contributed by atoms with Crippen molar-refractivity contribution in [3.05, 3.63) is 95.6 Å². The van der Waals surface area contributed by atoms with Crippen molar-refractivity contribution < 1.29 is 14.0 Å². The number of aromatic nitrogens is 1. The molecule has 0 bridgehead atoms. The summed E-state index contributed by atoms with van der Waals surface area (Å²) in [6.45, 7) is 0.358. The first kappa shape index (κ1) is 18.3. The van der Waals surface area contributed by atoms with Crippen LogP contribution in [0.1, 0.15) is 21.5 Å². The molecule has 2 amide bonds. The maximum Gasteiger partial charge on any atom is 0.253 e. The number of amides is 2. The van der Waals surface area contributed by atoms with Crippen molar-refractivity contribution >= 4 is 17.5 Å². The van der Waals surface area contributed by atoms with Crippen molar-refractivity contribution in [2.24, 2.45) is 0 Å². The summed E-state index contributed by atoms with van der Waals surface area (Å²) in [4.78, 5) is 28.0. The lowest BCUT2D eigenvalue weighted by Gasteiger charge is -2.08. The molecule has 3 rings (SSSR count). The van der Waals surface area contributed by atoms with E-state index in [-0.39, 0.29) is 18.2 Å². The van der Waals surface area contributed by atoms with Crippen molar-refractivity contribution in [3.63, 3.8) is 0 Å². The summed E-state index contributed by atoms with van der Waals surface area (Å²) in [6.07, 6.45) is 3.08. The third-order valence-corrected chi connectivity index (χ3v) is 3.92. The molecule has 0 aliphatic heterocycles. The Balaban J connectivity index is 1.52. The number of pyridine rings is 1. The molecule has 6 heteroatoms. The number of nitrogens with zero attached hydrogens (tertiary/aromatic N) is 1. The van der Waals surface area contributed by atoms with Crippen molar-refractivity contribution in [1.82, 2.24) is 10.3 Å². The van der Waals surface area contributed by atoms with Crippen LogP contribution in [-0.4, -0.2) is 16.8 Å². The van der Waals surface area contributed by atoms with Crippen molar-refractivity contribution in [2.75, 3.05) is 5.32 Å². The molecular weight excluding hydrogens is 345 g/mol. The van der Waals surface area contributed by atoms with E-state index in [1.54, 1.807) is 48.7 Å². The smallest absolute Gasteiger partial charge is 0.253 e. The van der Waals surface area contributed by atoms with Crippen LogP contribution < -0.4 is 10.6 Å². The molecule has 0 saturated carbocycles. The topological polar surface area (TPSA) is 71.1 Å². The maximum absolute atomic E-state index is 13.6. The van der Waals surface area contributed by atoms with E-state index in [1.165, 1.54) is 12.3 Å². The van der Waals surface area contributed by atoms with Crippen molar-refractivity contribution in [2.45, 2.75) is 13.0 Å². The number of rotatable bonds is 6. The monoisotopic (exact) mass is 363 g/mol. The highest BCUT2D eigenvalue weighted by Gasteiger charge is 2.08. The molecule has 0 unspecified atom stereocenters. The van der Waals surface area contributed by atoms with Gasteiger partial charge in [-0.2, -0.15) is 0 Å². The van der Waals surface area contributed by atoms with Gasteiger partial charge in [-0.1, -0.05) is 30.3 Å². The third kappa shape index (κ3) is 5.22. The fraction of sp³-hybridized carbons (Fsp3) is 0.0952. The lowest BCUT2D eigenvalue weighted by molar-refractivity contribution is -0.115. The number of hydrogen-bond acceptors (Lipinski definition) is 3. The third-order valence-electron chi connectivity index (χ3n) is 3.92. The quantitative estimate of drug-likeness (QED) is 0.706. The van der Waals surface area contributed by atoms with Gasteiger partial charge in [-0.15, -0.1) is 0 Å². The zero-order valence-electron chi connectivity index (χ0n) is 14.5.